The second kappa shape index (κ2) is 29.0. The van der Waals surface area contributed by atoms with Crippen LogP contribution in [0.15, 0.2) is 0 Å². The van der Waals surface area contributed by atoms with Crippen LogP contribution in [0.3, 0.4) is 0 Å². The summed E-state index contributed by atoms with van der Waals surface area (Å²) in [6, 6.07) is 0. The Morgan fingerprint density at radius 2 is 0.600 bits per heavy atom. The van der Waals surface area contributed by atoms with Gasteiger partial charge in [0.1, 0.15) is 5.78 Å². The molecule has 0 atom stereocenters. The van der Waals surface area contributed by atoms with E-state index in [0.717, 1.165) is 0 Å². The lowest BCUT2D eigenvalue weighted by Crippen LogP contribution is -2.15. The van der Waals surface area contributed by atoms with E-state index in [-0.39, 0.29) is 18.8 Å². The van der Waals surface area contributed by atoms with Gasteiger partial charge >= 0.3 is 5.97 Å². The molecular weight excluding hydrogens is 468 g/mol. The van der Waals surface area contributed by atoms with E-state index in [2.05, 4.69) is 0 Å². The first kappa shape index (κ1) is 33.8. The largest absolute Gasteiger partial charge is 0.481 e. The zero-order valence-corrected chi connectivity index (χ0v) is 21.1. The van der Waals surface area contributed by atoms with Crippen molar-refractivity contribution >= 4 is 11.8 Å². The molecule has 0 radical (unpaired) electrons. The zero-order valence-electron chi connectivity index (χ0n) is 21.1. The Morgan fingerprint density at radius 1 is 0.400 bits per heavy atom. The van der Waals surface area contributed by atoms with Gasteiger partial charge in [0, 0.05) is 6.42 Å². The molecule has 0 amide bonds. The number of aliphatic carboxylic acids is 1. The molecule has 0 unspecified atom stereocenters. The number of carbonyl (C=O) groups excluding carboxylic acids is 1. The number of Topliss-reactive ketones (excluding diaryl/α,β-unsaturated/α-hetero) is 1. The molecule has 0 aromatic carbocycles. The third kappa shape index (κ3) is 32.8. The van der Waals surface area contributed by atoms with E-state index >= 15 is 0 Å². The van der Waals surface area contributed by atoms with Crippen LogP contribution in [0, 0.1) is 0 Å². The van der Waals surface area contributed by atoms with Gasteiger partial charge in [-0.15, -0.1) is 0 Å². The molecule has 0 saturated heterocycles. The number of rotatable bonds is 30. The Kier molecular flexibility index (Phi) is 28.0. The summed E-state index contributed by atoms with van der Waals surface area (Å²) in [5.41, 5.74) is 0. The first-order valence-corrected chi connectivity index (χ1v) is 12.0. The Labute approximate surface area is 208 Å². The topological polar surface area (TPSA) is 137 Å². The molecule has 12 nitrogen and oxygen atoms in total. The zero-order chi connectivity index (χ0) is 25.7. The average Bonchev–Trinajstić information content (AvgIpc) is 2.82. The monoisotopic (exact) mass is 512 g/mol. The number of hydrogen-bond donors (Lipinski definition) is 1. The summed E-state index contributed by atoms with van der Waals surface area (Å²) >= 11 is 0. The van der Waals surface area contributed by atoms with Gasteiger partial charge in [0.2, 0.25) is 0 Å². The minimum absolute atomic E-state index is 0.00138. The van der Waals surface area contributed by atoms with E-state index in [9.17, 15) is 9.59 Å². The third-order valence-corrected chi connectivity index (χ3v) is 4.03. The highest BCUT2D eigenvalue weighted by molar-refractivity contribution is 5.75. The lowest BCUT2D eigenvalue weighted by Gasteiger charge is -2.08. The number of carbonyl (C=O) groups is 2. The van der Waals surface area contributed by atoms with Gasteiger partial charge in [-0.25, -0.2) is 0 Å². The summed E-state index contributed by atoms with van der Waals surface area (Å²) < 4.78 is 48.0. The maximum absolute atomic E-state index is 10.7. The second-order valence-electron chi connectivity index (χ2n) is 7.11. The summed E-state index contributed by atoms with van der Waals surface area (Å²) in [5, 5.41) is 8.45. The molecule has 35 heavy (non-hydrogen) atoms. The Hall–Kier alpha value is -1.22. The molecular formula is C23H44O12. The van der Waals surface area contributed by atoms with Gasteiger partial charge in [0.25, 0.3) is 0 Å². The molecule has 0 aromatic rings. The highest BCUT2D eigenvalue weighted by Gasteiger charge is 1.97. The molecule has 0 spiro atoms. The maximum atomic E-state index is 10.7. The molecule has 12 heteroatoms. The molecule has 0 saturated carbocycles. The van der Waals surface area contributed by atoms with Gasteiger partial charge < -0.3 is 47.7 Å². The first-order chi connectivity index (χ1) is 17.1. The van der Waals surface area contributed by atoms with Gasteiger partial charge in [0.05, 0.1) is 125 Å². The van der Waals surface area contributed by atoms with Crippen LogP contribution >= 0.6 is 0 Å². The molecule has 0 aliphatic heterocycles. The SMILES string of the molecule is CC(=O)CCOCCOCCOCCOCCOCCOCCOCCOCCOCCC(=O)O. The van der Waals surface area contributed by atoms with Gasteiger partial charge in [-0.1, -0.05) is 0 Å². The number of hydrogen-bond acceptors (Lipinski definition) is 11. The van der Waals surface area contributed by atoms with Crippen molar-refractivity contribution < 1.29 is 57.3 Å². The van der Waals surface area contributed by atoms with E-state index in [1.54, 1.807) is 6.92 Å². The molecule has 0 aromatic heterocycles. The molecule has 0 rings (SSSR count). The molecule has 1 N–H and O–H groups in total. The standard InChI is InChI=1S/C23H44O12/c1-22(24)2-4-27-6-8-29-10-12-31-14-16-33-18-20-35-21-19-34-17-15-32-13-11-30-9-7-28-5-3-23(25)26/h2-21H2,1H3,(H,25,26). The number of carboxylic acids is 1. The molecule has 0 aliphatic carbocycles. The fourth-order valence-electron chi connectivity index (χ4n) is 2.24. The molecule has 0 bridgehead atoms. The first-order valence-electron chi connectivity index (χ1n) is 12.0. The van der Waals surface area contributed by atoms with Gasteiger partial charge in [-0.3, -0.25) is 9.59 Å². The van der Waals surface area contributed by atoms with E-state index in [4.69, 9.17) is 47.7 Å². The van der Waals surface area contributed by atoms with Crippen molar-refractivity contribution in [1.29, 1.82) is 0 Å². The fraction of sp³-hybridized carbons (Fsp3) is 0.913. The normalized spacial score (nSPS) is 11.2. The van der Waals surface area contributed by atoms with Crippen LogP contribution in [0.4, 0.5) is 0 Å². The van der Waals surface area contributed by atoms with E-state index < -0.39 is 5.97 Å². The van der Waals surface area contributed by atoms with Crippen molar-refractivity contribution in [2.24, 2.45) is 0 Å². The van der Waals surface area contributed by atoms with Gasteiger partial charge in [-0.2, -0.15) is 0 Å². The third-order valence-electron chi connectivity index (χ3n) is 4.03. The van der Waals surface area contributed by atoms with Crippen LogP contribution in [0.2, 0.25) is 0 Å². The predicted octanol–water partition coefficient (Wildman–Crippen LogP) is 0.590. The fourth-order valence-corrected chi connectivity index (χ4v) is 2.24. The highest BCUT2D eigenvalue weighted by atomic mass is 16.6. The number of ketones is 1. The van der Waals surface area contributed by atoms with Crippen LogP contribution < -0.4 is 0 Å². The molecule has 208 valence electrons. The summed E-state index contributed by atoms with van der Waals surface area (Å²) in [7, 11) is 0. The van der Waals surface area contributed by atoms with Crippen LogP contribution in [0.1, 0.15) is 19.8 Å². The van der Waals surface area contributed by atoms with Crippen molar-refractivity contribution in [3.05, 3.63) is 0 Å². The van der Waals surface area contributed by atoms with E-state index in [0.29, 0.717) is 119 Å². The lowest BCUT2D eigenvalue weighted by atomic mass is 10.3. The van der Waals surface area contributed by atoms with Crippen molar-refractivity contribution in [1.82, 2.24) is 0 Å². The predicted molar refractivity (Wildman–Crippen MR) is 125 cm³/mol. The molecule has 0 fully saturated rings. The minimum Gasteiger partial charge on any atom is -0.481 e. The van der Waals surface area contributed by atoms with Crippen LogP contribution in [0.25, 0.3) is 0 Å². The smallest absolute Gasteiger partial charge is 0.305 e. The second-order valence-corrected chi connectivity index (χ2v) is 7.11. The maximum Gasteiger partial charge on any atom is 0.305 e. The van der Waals surface area contributed by atoms with Crippen molar-refractivity contribution in [2.45, 2.75) is 19.8 Å². The Morgan fingerprint density at radius 3 is 0.800 bits per heavy atom. The van der Waals surface area contributed by atoms with E-state index in [1.165, 1.54) is 0 Å². The van der Waals surface area contributed by atoms with Gasteiger partial charge in [-0.05, 0) is 6.92 Å². The van der Waals surface area contributed by atoms with Crippen LogP contribution in [-0.4, -0.2) is 136 Å². The lowest BCUT2D eigenvalue weighted by molar-refractivity contribution is -0.138. The van der Waals surface area contributed by atoms with Crippen LogP contribution in [0.5, 0.6) is 0 Å². The van der Waals surface area contributed by atoms with E-state index in [1.807, 2.05) is 0 Å². The number of ether oxygens (including phenoxy) is 9. The summed E-state index contributed by atoms with van der Waals surface area (Å²) in [6.45, 7) is 9.69. The molecule has 0 heterocycles. The summed E-state index contributed by atoms with van der Waals surface area (Å²) in [4.78, 5) is 21.0. The Balaban J connectivity index is 3.03. The van der Waals surface area contributed by atoms with Crippen molar-refractivity contribution in [3.63, 3.8) is 0 Å². The van der Waals surface area contributed by atoms with Crippen molar-refractivity contribution in [2.75, 3.05) is 119 Å². The molecule has 0 aliphatic rings. The Bertz CT molecular complexity index is 424. The van der Waals surface area contributed by atoms with Crippen LogP contribution in [-0.2, 0) is 52.2 Å². The quantitative estimate of drug-likeness (QED) is 0.135. The highest BCUT2D eigenvalue weighted by Crippen LogP contribution is 1.88. The summed E-state index contributed by atoms with van der Waals surface area (Å²) in [6.07, 6.45) is 0.438. The average molecular weight is 513 g/mol. The number of carboxylic acid groups (broad SMARTS) is 1. The van der Waals surface area contributed by atoms with Crippen molar-refractivity contribution in [3.8, 4) is 0 Å². The summed E-state index contributed by atoms with van der Waals surface area (Å²) in [5.74, 6) is -0.753. The minimum atomic E-state index is -0.874. The van der Waals surface area contributed by atoms with Gasteiger partial charge in [0.15, 0.2) is 0 Å².